The fourth-order valence-corrected chi connectivity index (χ4v) is 3.61. The maximum atomic E-state index is 13.1. The molecule has 3 rings (SSSR count). The maximum Gasteiger partial charge on any atom is 0.260 e. The van der Waals surface area contributed by atoms with Crippen LogP contribution in [0.1, 0.15) is 21.5 Å². The molecule has 8 heteroatoms. The smallest absolute Gasteiger partial charge is 0.260 e. The highest BCUT2D eigenvalue weighted by Gasteiger charge is 2.21. The molecule has 1 heterocycles. The minimum Gasteiger partial charge on any atom is -0.438 e. The third-order valence-corrected chi connectivity index (χ3v) is 5.13. The van der Waals surface area contributed by atoms with Crippen molar-refractivity contribution in [2.24, 2.45) is 0 Å². The van der Waals surface area contributed by atoms with E-state index in [2.05, 4.69) is 9.97 Å². The SMILES string of the molecule is CSc1ncc(C(=O)N(C)Cc2cc(Cl)cc(Cl)c2)c(Oc2ccccc2C)n1. The number of carbonyl (C=O) groups is 1. The van der Waals surface area contributed by atoms with Crippen LogP contribution in [-0.4, -0.2) is 34.1 Å². The molecule has 0 radical (unpaired) electrons. The number of para-hydroxylation sites is 1. The Labute approximate surface area is 184 Å². The van der Waals surface area contributed by atoms with Crippen molar-refractivity contribution in [1.29, 1.82) is 0 Å². The van der Waals surface area contributed by atoms with Crippen molar-refractivity contribution in [3.05, 3.63) is 75.4 Å². The summed E-state index contributed by atoms with van der Waals surface area (Å²) in [6, 6.07) is 12.8. The number of nitrogens with zero attached hydrogens (tertiary/aromatic N) is 3. The number of benzene rings is 2. The highest BCUT2D eigenvalue weighted by Crippen LogP contribution is 2.28. The fraction of sp³-hybridized carbons (Fsp3) is 0.190. The van der Waals surface area contributed by atoms with Gasteiger partial charge in [0.05, 0.1) is 0 Å². The summed E-state index contributed by atoms with van der Waals surface area (Å²) >= 11 is 13.5. The minimum absolute atomic E-state index is 0.222. The van der Waals surface area contributed by atoms with Gasteiger partial charge in [0.1, 0.15) is 11.3 Å². The first-order valence-electron chi connectivity index (χ1n) is 8.72. The Bertz CT molecular complexity index is 1030. The molecule has 0 aliphatic heterocycles. The number of carbonyl (C=O) groups excluding carboxylic acids is 1. The maximum absolute atomic E-state index is 13.1. The van der Waals surface area contributed by atoms with Gasteiger partial charge in [0.25, 0.3) is 5.91 Å². The first-order chi connectivity index (χ1) is 13.9. The topological polar surface area (TPSA) is 55.3 Å². The van der Waals surface area contributed by atoms with Crippen molar-refractivity contribution in [3.8, 4) is 11.6 Å². The molecular formula is C21H19Cl2N3O2S. The Morgan fingerprint density at radius 2 is 1.86 bits per heavy atom. The number of rotatable bonds is 6. The summed E-state index contributed by atoms with van der Waals surface area (Å²) in [4.78, 5) is 23.3. The quantitative estimate of drug-likeness (QED) is 0.348. The minimum atomic E-state index is -0.266. The zero-order valence-electron chi connectivity index (χ0n) is 16.1. The molecule has 2 aromatic carbocycles. The van der Waals surface area contributed by atoms with E-state index in [1.165, 1.54) is 18.0 Å². The summed E-state index contributed by atoms with van der Waals surface area (Å²) in [6.07, 6.45) is 3.36. The monoisotopic (exact) mass is 447 g/mol. The van der Waals surface area contributed by atoms with E-state index in [0.29, 0.717) is 27.5 Å². The van der Waals surface area contributed by atoms with Crippen molar-refractivity contribution in [1.82, 2.24) is 14.9 Å². The summed E-state index contributed by atoms with van der Waals surface area (Å²) < 4.78 is 5.99. The van der Waals surface area contributed by atoms with Gasteiger partial charge in [-0.15, -0.1) is 0 Å². The summed E-state index contributed by atoms with van der Waals surface area (Å²) in [5, 5.41) is 1.56. The van der Waals surface area contributed by atoms with E-state index in [1.807, 2.05) is 37.4 Å². The molecule has 5 nitrogen and oxygen atoms in total. The lowest BCUT2D eigenvalue weighted by Crippen LogP contribution is -2.27. The predicted octanol–water partition coefficient (Wildman–Crippen LogP) is 5.88. The Kier molecular flexibility index (Phi) is 7.00. The van der Waals surface area contributed by atoms with Crippen molar-refractivity contribution >= 4 is 40.9 Å². The van der Waals surface area contributed by atoms with Gasteiger partial charge >= 0.3 is 0 Å². The lowest BCUT2D eigenvalue weighted by molar-refractivity contribution is 0.0781. The molecule has 0 aliphatic carbocycles. The first kappa shape index (κ1) is 21.4. The standard InChI is InChI=1S/C21H19Cl2N3O2S/c1-13-6-4-5-7-18(13)28-19-17(11-24-21(25-19)29-3)20(27)26(2)12-14-8-15(22)10-16(23)9-14/h4-11H,12H2,1-3H3. The van der Waals surface area contributed by atoms with Crippen molar-refractivity contribution in [2.75, 3.05) is 13.3 Å². The summed E-state index contributed by atoms with van der Waals surface area (Å²) in [5.41, 5.74) is 2.04. The largest absolute Gasteiger partial charge is 0.438 e. The predicted molar refractivity (Wildman–Crippen MR) is 117 cm³/mol. The van der Waals surface area contributed by atoms with Crippen LogP contribution < -0.4 is 4.74 Å². The van der Waals surface area contributed by atoms with Crippen LogP contribution in [0.25, 0.3) is 0 Å². The van der Waals surface area contributed by atoms with E-state index in [9.17, 15) is 4.79 Å². The van der Waals surface area contributed by atoms with E-state index in [0.717, 1.165) is 11.1 Å². The van der Waals surface area contributed by atoms with E-state index in [4.69, 9.17) is 27.9 Å². The van der Waals surface area contributed by atoms with Crippen LogP contribution in [0.2, 0.25) is 10.0 Å². The normalized spacial score (nSPS) is 10.7. The van der Waals surface area contributed by atoms with Gasteiger partial charge in [-0.2, -0.15) is 4.98 Å². The van der Waals surface area contributed by atoms with Gasteiger partial charge in [-0.25, -0.2) is 4.98 Å². The van der Waals surface area contributed by atoms with E-state index in [-0.39, 0.29) is 17.4 Å². The Morgan fingerprint density at radius 1 is 1.17 bits per heavy atom. The van der Waals surface area contributed by atoms with E-state index in [1.54, 1.807) is 30.1 Å². The molecule has 1 aromatic heterocycles. The number of amides is 1. The lowest BCUT2D eigenvalue weighted by atomic mass is 10.2. The molecule has 1 amide bonds. The van der Waals surface area contributed by atoms with Gasteiger partial charge in [-0.05, 0) is 48.6 Å². The highest BCUT2D eigenvalue weighted by atomic mass is 35.5. The van der Waals surface area contributed by atoms with Gasteiger partial charge in [-0.1, -0.05) is 53.2 Å². The number of thioether (sulfide) groups is 1. The van der Waals surface area contributed by atoms with Gasteiger partial charge in [-0.3, -0.25) is 4.79 Å². The molecule has 0 saturated heterocycles. The molecule has 0 saturated carbocycles. The van der Waals surface area contributed by atoms with Crippen molar-refractivity contribution in [3.63, 3.8) is 0 Å². The zero-order chi connectivity index (χ0) is 21.0. The van der Waals surface area contributed by atoms with Crippen molar-refractivity contribution < 1.29 is 9.53 Å². The van der Waals surface area contributed by atoms with Gasteiger partial charge in [0.2, 0.25) is 5.88 Å². The number of hydrogen-bond acceptors (Lipinski definition) is 5. The summed E-state index contributed by atoms with van der Waals surface area (Å²) in [5.74, 6) is 0.591. The third-order valence-electron chi connectivity index (χ3n) is 4.13. The van der Waals surface area contributed by atoms with Crippen LogP contribution in [-0.2, 0) is 6.54 Å². The van der Waals surface area contributed by atoms with E-state index < -0.39 is 0 Å². The molecule has 0 N–H and O–H groups in total. The molecule has 150 valence electrons. The Balaban J connectivity index is 1.90. The van der Waals surface area contributed by atoms with Crippen molar-refractivity contribution in [2.45, 2.75) is 18.6 Å². The van der Waals surface area contributed by atoms with Crippen LogP contribution in [0.3, 0.4) is 0 Å². The zero-order valence-corrected chi connectivity index (χ0v) is 18.5. The van der Waals surface area contributed by atoms with Crippen LogP contribution >= 0.6 is 35.0 Å². The van der Waals surface area contributed by atoms with E-state index >= 15 is 0 Å². The molecule has 0 bridgehead atoms. The molecule has 0 aliphatic rings. The molecule has 0 atom stereocenters. The molecule has 0 fully saturated rings. The third kappa shape index (κ3) is 5.41. The second kappa shape index (κ2) is 9.48. The second-order valence-corrected chi connectivity index (χ2v) is 8.03. The summed E-state index contributed by atoms with van der Waals surface area (Å²) in [7, 11) is 1.69. The van der Waals surface area contributed by atoms with Crippen LogP contribution in [0, 0.1) is 6.92 Å². The van der Waals surface area contributed by atoms with Crippen LogP contribution in [0.5, 0.6) is 11.6 Å². The number of aryl methyl sites for hydroxylation is 1. The number of ether oxygens (including phenoxy) is 1. The first-order valence-corrected chi connectivity index (χ1v) is 10.7. The van der Waals surface area contributed by atoms with Crippen LogP contribution in [0.15, 0.2) is 53.8 Å². The Hall–Kier alpha value is -2.28. The number of hydrogen-bond donors (Lipinski definition) is 0. The average molecular weight is 448 g/mol. The summed E-state index contributed by atoms with van der Waals surface area (Å²) in [6.45, 7) is 2.26. The van der Waals surface area contributed by atoms with Gasteiger partial charge in [0.15, 0.2) is 5.16 Å². The van der Waals surface area contributed by atoms with Gasteiger partial charge in [0, 0.05) is 29.8 Å². The molecule has 3 aromatic rings. The highest BCUT2D eigenvalue weighted by molar-refractivity contribution is 7.98. The lowest BCUT2D eigenvalue weighted by Gasteiger charge is -2.19. The molecule has 0 unspecified atom stereocenters. The van der Waals surface area contributed by atoms with Gasteiger partial charge < -0.3 is 9.64 Å². The molecular weight excluding hydrogens is 429 g/mol. The number of halogens is 2. The fourth-order valence-electron chi connectivity index (χ4n) is 2.70. The average Bonchev–Trinajstić information content (AvgIpc) is 2.68. The second-order valence-electron chi connectivity index (χ2n) is 6.38. The Morgan fingerprint density at radius 3 is 2.52 bits per heavy atom. The molecule has 0 spiro atoms. The molecule has 29 heavy (non-hydrogen) atoms. The number of aromatic nitrogens is 2. The van der Waals surface area contributed by atoms with Crippen LogP contribution in [0.4, 0.5) is 0 Å².